The number of carboxylic acid groups (broad SMARTS) is 1. The molecule has 1 atom stereocenters. The smallest absolute Gasteiger partial charge is 0.343 e. The van der Waals surface area contributed by atoms with Crippen LogP contribution in [0.4, 0.5) is 4.39 Å². The zero-order valence-electron chi connectivity index (χ0n) is 12.8. The molecule has 0 radical (unpaired) electrons. The van der Waals surface area contributed by atoms with Crippen LogP contribution >= 0.6 is 0 Å². The van der Waals surface area contributed by atoms with E-state index in [0.29, 0.717) is 10.9 Å². The maximum Gasteiger partial charge on any atom is 0.343 e. The molecule has 126 valence electrons. The van der Waals surface area contributed by atoms with Crippen LogP contribution in [0.3, 0.4) is 0 Å². The highest BCUT2D eigenvalue weighted by Gasteiger charge is 2.46. The molecule has 0 saturated carbocycles. The van der Waals surface area contributed by atoms with Crippen LogP contribution in [0, 0.1) is 0 Å². The molecule has 8 heteroatoms. The number of halogens is 1. The van der Waals surface area contributed by atoms with Crippen molar-refractivity contribution in [3.63, 3.8) is 0 Å². The predicted molar refractivity (Wildman–Crippen MR) is 83.3 cm³/mol. The molecular formula is C16H16FN3O4. The van der Waals surface area contributed by atoms with Crippen LogP contribution in [0.2, 0.25) is 0 Å². The minimum atomic E-state index is -2.38. The summed E-state index contributed by atoms with van der Waals surface area (Å²) < 4.78 is 15.3. The molecule has 2 aromatic rings. The topological polar surface area (TPSA) is 92.5 Å². The van der Waals surface area contributed by atoms with Gasteiger partial charge in [0.1, 0.15) is 0 Å². The van der Waals surface area contributed by atoms with Gasteiger partial charge in [0, 0.05) is 25.9 Å². The molecule has 1 aromatic heterocycles. The predicted octanol–water partition coefficient (Wildman–Crippen LogP) is 0.812. The standard InChI is InChI=1S/C16H16FN3O4/c17-16(15(23)24)6-8-19(9-16)13(21)5-7-20-10-18-12-4-2-1-3-11(12)14(20)22/h1-4,10H,5-9H2,(H,23,24). The van der Waals surface area contributed by atoms with Gasteiger partial charge in [-0.15, -0.1) is 0 Å². The summed E-state index contributed by atoms with van der Waals surface area (Å²) in [6.45, 7) is -0.281. The molecule has 1 amide bonds. The largest absolute Gasteiger partial charge is 0.479 e. The first-order valence-corrected chi connectivity index (χ1v) is 7.55. The van der Waals surface area contributed by atoms with Gasteiger partial charge in [0.05, 0.1) is 23.8 Å². The number of carbonyl (C=O) groups excluding carboxylic acids is 1. The van der Waals surface area contributed by atoms with Crippen molar-refractivity contribution in [3.8, 4) is 0 Å². The van der Waals surface area contributed by atoms with Gasteiger partial charge in [0.2, 0.25) is 11.6 Å². The Labute approximate surface area is 136 Å². The number of benzene rings is 1. The lowest BCUT2D eigenvalue weighted by molar-refractivity contribution is -0.150. The van der Waals surface area contributed by atoms with E-state index in [1.807, 2.05) is 0 Å². The molecule has 0 aliphatic carbocycles. The number of alkyl halides is 1. The van der Waals surface area contributed by atoms with Crippen molar-refractivity contribution in [1.82, 2.24) is 14.5 Å². The minimum absolute atomic E-state index is 0.0182. The van der Waals surface area contributed by atoms with E-state index < -0.39 is 18.2 Å². The van der Waals surface area contributed by atoms with Crippen molar-refractivity contribution in [3.05, 3.63) is 40.9 Å². The summed E-state index contributed by atoms with van der Waals surface area (Å²) >= 11 is 0. The van der Waals surface area contributed by atoms with E-state index >= 15 is 0 Å². The maximum absolute atomic E-state index is 14.0. The van der Waals surface area contributed by atoms with Crippen molar-refractivity contribution in [2.45, 2.75) is 25.1 Å². The normalized spacial score (nSPS) is 20.5. The molecule has 0 bridgehead atoms. The van der Waals surface area contributed by atoms with Crippen molar-refractivity contribution < 1.29 is 19.1 Å². The molecule has 1 aliphatic heterocycles. The Bertz CT molecular complexity index is 866. The number of aliphatic carboxylic acids is 1. The van der Waals surface area contributed by atoms with Crippen LogP contribution in [0.25, 0.3) is 10.9 Å². The molecule has 1 aromatic carbocycles. The molecule has 1 aliphatic rings. The third-order valence-corrected chi connectivity index (χ3v) is 4.25. The number of hydrogen-bond donors (Lipinski definition) is 1. The van der Waals surface area contributed by atoms with Crippen LogP contribution in [0.15, 0.2) is 35.4 Å². The molecule has 2 heterocycles. The zero-order chi connectivity index (χ0) is 17.3. The summed E-state index contributed by atoms with van der Waals surface area (Å²) in [7, 11) is 0. The molecule has 1 fully saturated rings. The number of rotatable bonds is 4. The Balaban J connectivity index is 1.68. The van der Waals surface area contributed by atoms with Crippen molar-refractivity contribution in [2.24, 2.45) is 0 Å². The van der Waals surface area contributed by atoms with Gasteiger partial charge in [0.25, 0.3) is 5.56 Å². The van der Waals surface area contributed by atoms with Crippen LogP contribution < -0.4 is 5.56 Å². The lowest BCUT2D eigenvalue weighted by atomic mass is 10.1. The van der Waals surface area contributed by atoms with Gasteiger partial charge in [-0.25, -0.2) is 14.2 Å². The highest BCUT2D eigenvalue weighted by atomic mass is 19.1. The second-order valence-electron chi connectivity index (χ2n) is 5.85. The quantitative estimate of drug-likeness (QED) is 0.894. The maximum atomic E-state index is 14.0. The van der Waals surface area contributed by atoms with E-state index in [0.717, 1.165) is 0 Å². The summed E-state index contributed by atoms with van der Waals surface area (Å²) in [5, 5.41) is 9.31. The van der Waals surface area contributed by atoms with E-state index in [1.165, 1.54) is 15.8 Å². The fourth-order valence-corrected chi connectivity index (χ4v) is 2.80. The van der Waals surface area contributed by atoms with E-state index in [1.54, 1.807) is 24.3 Å². The lowest BCUT2D eigenvalue weighted by Crippen LogP contribution is -2.39. The molecule has 7 nitrogen and oxygen atoms in total. The lowest BCUT2D eigenvalue weighted by Gasteiger charge is -2.18. The number of likely N-dealkylation sites (tertiary alicyclic amines) is 1. The number of nitrogens with zero attached hydrogens (tertiary/aromatic N) is 3. The van der Waals surface area contributed by atoms with Crippen molar-refractivity contribution in [1.29, 1.82) is 0 Å². The average molecular weight is 333 g/mol. The molecule has 3 rings (SSSR count). The highest BCUT2D eigenvalue weighted by molar-refractivity contribution is 5.82. The van der Waals surface area contributed by atoms with Crippen LogP contribution in [0.5, 0.6) is 0 Å². The summed E-state index contributed by atoms with van der Waals surface area (Å²) in [4.78, 5) is 40.7. The fourth-order valence-electron chi connectivity index (χ4n) is 2.80. The third-order valence-electron chi connectivity index (χ3n) is 4.25. The summed E-state index contributed by atoms with van der Waals surface area (Å²) in [6, 6.07) is 6.90. The number of amides is 1. The SMILES string of the molecule is O=C(CCn1cnc2ccccc2c1=O)N1CCC(F)(C(=O)O)C1. The van der Waals surface area contributed by atoms with E-state index in [2.05, 4.69) is 4.98 Å². The first kappa shape index (κ1) is 16.1. The van der Waals surface area contributed by atoms with Crippen molar-refractivity contribution in [2.75, 3.05) is 13.1 Å². The molecule has 0 spiro atoms. The van der Waals surface area contributed by atoms with Gasteiger partial charge in [-0.05, 0) is 12.1 Å². The van der Waals surface area contributed by atoms with E-state index in [4.69, 9.17) is 5.11 Å². The Morgan fingerprint density at radius 1 is 1.33 bits per heavy atom. The van der Waals surface area contributed by atoms with Gasteiger partial charge >= 0.3 is 5.97 Å². The number of hydrogen-bond acceptors (Lipinski definition) is 4. The van der Waals surface area contributed by atoms with Gasteiger partial charge in [-0.3, -0.25) is 14.2 Å². The third kappa shape index (κ3) is 2.86. The number of carbonyl (C=O) groups is 2. The van der Waals surface area contributed by atoms with E-state index in [9.17, 15) is 18.8 Å². The summed E-state index contributed by atoms with van der Waals surface area (Å²) in [6.07, 6.45) is 1.14. The molecule has 1 saturated heterocycles. The number of fused-ring (bicyclic) bond motifs is 1. The summed E-state index contributed by atoms with van der Waals surface area (Å²) in [5.74, 6) is -1.93. The average Bonchev–Trinajstić information content (AvgIpc) is 2.98. The number of aryl methyl sites for hydroxylation is 1. The van der Waals surface area contributed by atoms with Crippen LogP contribution in [-0.4, -0.2) is 50.2 Å². The number of para-hydroxylation sites is 1. The van der Waals surface area contributed by atoms with Crippen molar-refractivity contribution >= 4 is 22.8 Å². The van der Waals surface area contributed by atoms with Gasteiger partial charge in [-0.2, -0.15) is 0 Å². The summed E-state index contributed by atoms with van der Waals surface area (Å²) in [5.41, 5.74) is -2.05. The monoisotopic (exact) mass is 333 g/mol. The second kappa shape index (κ2) is 6.03. The zero-order valence-corrected chi connectivity index (χ0v) is 12.8. The van der Waals surface area contributed by atoms with Gasteiger partial charge in [-0.1, -0.05) is 12.1 Å². The Morgan fingerprint density at radius 2 is 2.08 bits per heavy atom. The Kier molecular flexibility index (Phi) is 4.04. The molecule has 1 N–H and O–H groups in total. The first-order valence-electron chi connectivity index (χ1n) is 7.55. The van der Waals surface area contributed by atoms with Crippen LogP contribution in [-0.2, 0) is 16.1 Å². The second-order valence-corrected chi connectivity index (χ2v) is 5.85. The fraction of sp³-hybridized carbons (Fsp3) is 0.375. The van der Waals surface area contributed by atoms with E-state index in [-0.39, 0.29) is 37.4 Å². The molecule has 24 heavy (non-hydrogen) atoms. The number of carboxylic acids is 1. The van der Waals surface area contributed by atoms with Gasteiger partial charge in [0.15, 0.2) is 0 Å². The molecular weight excluding hydrogens is 317 g/mol. The number of aromatic nitrogens is 2. The molecule has 1 unspecified atom stereocenters. The highest BCUT2D eigenvalue weighted by Crippen LogP contribution is 2.26. The van der Waals surface area contributed by atoms with Gasteiger partial charge < -0.3 is 10.0 Å². The first-order chi connectivity index (χ1) is 11.4. The van der Waals surface area contributed by atoms with Crippen LogP contribution in [0.1, 0.15) is 12.8 Å². The Hall–Kier alpha value is -2.77. The minimum Gasteiger partial charge on any atom is -0.479 e. The Morgan fingerprint density at radius 3 is 2.79 bits per heavy atom.